The fourth-order valence-electron chi connectivity index (χ4n) is 4.03. The zero-order valence-corrected chi connectivity index (χ0v) is 18.1. The van der Waals surface area contributed by atoms with Crippen molar-refractivity contribution in [1.29, 1.82) is 0 Å². The summed E-state index contributed by atoms with van der Waals surface area (Å²) in [4.78, 5) is 27.5. The first kappa shape index (κ1) is 23.2. The van der Waals surface area contributed by atoms with Gasteiger partial charge in [-0.3, -0.25) is 9.59 Å². The van der Waals surface area contributed by atoms with Crippen LogP contribution < -0.4 is 11.1 Å². The van der Waals surface area contributed by atoms with Crippen LogP contribution in [0.4, 0.5) is 0 Å². The lowest BCUT2D eigenvalue weighted by Gasteiger charge is -2.32. The van der Waals surface area contributed by atoms with Gasteiger partial charge >= 0.3 is 0 Å². The maximum Gasteiger partial charge on any atom is 0.254 e. The lowest BCUT2D eigenvalue weighted by atomic mass is 9.94. The highest BCUT2D eigenvalue weighted by atomic mass is 35.5. The second-order valence-corrected chi connectivity index (χ2v) is 8.16. The Morgan fingerprint density at radius 2 is 1.76 bits per heavy atom. The fraction of sp³-hybridized carbons (Fsp3) is 0.478. The topological polar surface area (TPSA) is 75.4 Å². The molecule has 1 saturated heterocycles. The van der Waals surface area contributed by atoms with Crippen LogP contribution in [0.2, 0.25) is 0 Å². The Morgan fingerprint density at radius 3 is 2.41 bits per heavy atom. The zero-order chi connectivity index (χ0) is 20.1. The first-order valence-electron chi connectivity index (χ1n) is 10.3. The number of carbonyl (C=O) groups is 2. The van der Waals surface area contributed by atoms with Crippen molar-refractivity contribution in [2.24, 2.45) is 17.6 Å². The van der Waals surface area contributed by atoms with Crippen molar-refractivity contribution in [2.75, 3.05) is 19.6 Å². The van der Waals surface area contributed by atoms with Crippen LogP contribution in [0.15, 0.2) is 42.5 Å². The summed E-state index contributed by atoms with van der Waals surface area (Å²) in [5.74, 6) is 0.579. The van der Waals surface area contributed by atoms with E-state index >= 15 is 0 Å². The van der Waals surface area contributed by atoms with Crippen molar-refractivity contribution in [3.63, 3.8) is 0 Å². The summed E-state index contributed by atoms with van der Waals surface area (Å²) < 4.78 is 0. The number of carbonyl (C=O) groups excluding carboxylic acids is 2. The van der Waals surface area contributed by atoms with Crippen LogP contribution in [0.25, 0.3) is 10.8 Å². The number of piperidine rings is 1. The molecule has 3 rings (SSSR count). The van der Waals surface area contributed by atoms with Crippen LogP contribution in [0.5, 0.6) is 0 Å². The Bertz CT molecular complexity index is 826. The van der Waals surface area contributed by atoms with Crippen LogP contribution in [0.3, 0.4) is 0 Å². The van der Waals surface area contributed by atoms with E-state index in [4.69, 9.17) is 5.73 Å². The Hall–Kier alpha value is -2.11. The lowest BCUT2D eigenvalue weighted by Crippen LogP contribution is -2.47. The van der Waals surface area contributed by atoms with Crippen LogP contribution >= 0.6 is 12.4 Å². The number of hydrogen-bond donors (Lipinski definition) is 2. The van der Waals surface area contributed by atoms with Gasteiger partial charge in [0.15, 0.2) is 0 Å². The van der Waals surface area contributed by atoms with Gasteiger partial charge in [-0.2, -0.15) is 0 Å². The summed E-state index contributed by atoms with van der Waals surface area (Å²) in [5, 5.41) is 5.15. The van der Waals surface area contributed by atoms with E-state index in [1.54, 1.807) is 0 Å². The quantitative estimate of drug-likeness (QED) is 0.753. The van der Waals surface area contributed by atoms with Gasteiger partial charge in [0.25, 0.3) is 5.91 Å². The summed E-state index contributed by atoms with van der Waals surface area (Å²) >= 11 is 0. The highest BCUT2D eigenvalue weighted by molar-refractivity contribution is 6.07. The van der Waals surface area contributed by atoms with E-state index in [0.29, 0.717) is 38.4 Å². The van der Waals surface area contributed by atoms with Gasteiger partial charge in [-0.25, -0.2) is 0 Å². The molecular weight excluding hydrogens is 386 g/mol. The second kappa shape index (κ2) is 10.6. The molecule has 1 aliphatic rings. The third-order valence-corrected chi connectivity index (χ3v) is 5.56. The summed E-state index contributed by atoms with van der Waals surface area (Å²) in [6, 6.07) is 13.8. The number of rotatable bonds is 6. The highest BCUT2D eigenvalue weighted by Crippen LogP contribution is 2.24. The average molecular weight is 418 g/mol. The SMILES string of the molecule is CC(C)CC(CN)NC(=O)C1CCN(C(=O)c2cccc3ccccc23)CC1.Cl. The van der Waals surface area contributed by atoms with E-state index in [2.05, 4.69) is 19.2 Å². The number of fused-ring (bicyclic) bond motifs is 1. The molecule has 0 spiro atoms. The van der Waals surface area contributed by atoms with E-state index in [1.807, 2.05) is 47.4 Å². The van der Waals surface area contributed by atoms with Crippen LogP contribution in [0, 0.1) is 11.8 Å². The van der Waals surface area contributed by atoms with E-state index in [0.717, 1.165) is 22.8 Å². The number of halogens is 1. The molecule has 0 aromatic heterocycles. The van der Waals surface area contributed by atoms with Gasteiger partial charge < -0.3 is 16.0 Å². The molecule has 0 bridgehead atoms. The van der Waals surface area contributed by atoms with Crippen molar-refractivity contribution < 1.29 is 9.59 Å². The van der Waals surface area contributed by atoms with Gasteiger partial charge in [0.05, 0.1) is 0 Å². The Kier molecular flexibility index (Phi) is 8.47. The molecule has 1 fully saturated rings. The van der Waals surface area contributed by atoms with Crippen molar-refractivity contribution in [3.8, 4) is 0 Å². The molecule has 2 aromatic rings. The normalized spacial score (nSPS) is 15.8. The molecule has 1 aliphatic heterocycles. The standard InChI is InChI=1S/C23H31N3O2.ClH/c1-16(2)14-19(15-24)25-22(27)18-10-12-26(13-11-18)23(28)21-9-5-7-17-6-3-4-8-20(17)21;/h3-9,16,18-19H,10-15,24H2,1-2H3,(H,25,27);1H. The van der Waals surface area contributed by atoms with E-state index in [1.165, 1.54) is 0 Å². The molecule has 1 heterocycles. The molecule has 5 nitrogen and oxygen atoms in total. The van der Waals surface area contributed by atoms with Crippen LogP contribution in [-0.2, 0) is 4.79 Å². The van der Waals surface area contributed by atoms with E-state index in [-0.39, 0.29) is 36.2 Å². The molecule has 1 unspecified atom stereocenters. The molecule has 1 atom stereocenters. The average Bonchev–Trinajstić information content (AvgIpc) is 2.72. The number of benzene rings is 2. The number of nitrogens with one attached hydrogen (secondary N) is 1. The minimum atomic E-state index is -0.0437. The zero-order valence-electron chi connectivity index (χ0n) is 17.3. The smallest absolute Gasteiger partial charge is 0.254 e. The minimum Gasteiger partial charge on any atom is -0.352 e. The first-order valence-corrected chi connectivity index (χ1v) is 10.3. The predicted octanol–water partition coefficient (Wildman–Crippen LogP) is 3.60. The van der Waals surface area contributed by atoms with Crippen molar-refractivity contribution in [3.05, 3.63) is 48.0 Å². The monoisotopic (exact) mass is 417 g/mol. The molecule has 3 N–H and O–H groups in total. The van der Waals surface area contributed by atoms with E-state index < -0.39 is 0 Å². The lowest BCUT2D eigenvalue weighted by molar-refractivity contribution is -0.127. The summed E-state index contributed by atoms with van der Waals surface area (Å²) in [6.07, 6.45) is 2.28. The maximum absolute atomic E-state index is 13.0. The summed E-state index contributed by atoms with van der Waals surface area (Å²) in [5.41, 5.74) is 6.54. The second-order valence-electron chi connectivity index (χ2n) is 8.16. The maximum atomic E-state index is 13.0. The van der Waals surface area contributed by atoms with Crippen LogP contribution in [0.1, 0.15) is 43.5 Å². The minimum absolute atomic E-state index is 0. The Morgan fingerprint density at radius 1 is 1.10 bits per heavy atom. The van der Waals surface area contributed by atoms with Crippen molar-refractivity contribution in [1.82, 2.24) is 10.2 Å². The Labute approximate surface area is 179 Å². The van der Waals surface area contributed by atoms with Gasteiger partial charge in [-0.05, 0) is 42.0 Å². The highest BCUT2D eigenvalue weighted by Gasteiger charge is 2.29. The van der Waals surface area contributed by atoms with E-state index in [9.17, 15) is 9.59 Å². The number of nitrogens with zero attached hydrogens (tertiary/aromatic N) is 1. The number of amides is 2. The molecular formula is C23H32ClN3O2. The van der Waals surface area contributed by atoms with Gasteiger partial charge in [0.1, 0.15) is 0 Å². The largest absolute Gasteiger partial charge is 0.352 e. The number of nitrogens with two attached hydrogens (primary N) is 1. The molecule has 2 amide bonds. The van der Waals surface area contributed by atoms with Gasteiger partial charge in [0, 0.05) is 37.2 Å². The number of hydrogen-bond acceptors (Lipinski definition) is 3. The predicted molar refractivity (Wildman–Crippen MR) is 120 cm³/mol. The number of likely N-dealkylation sites (tertiary alicyclic amines) is 1. The molecule has 6 heteroatoms. The van der Waals surface area contributed by atoms with Crippen molar-refractivity contribution in [2.45, 2.75) is 39.2 Å². The molecule has 0 radical (unpaired) electrons. The Balaban J connectivity index is 0.00000300. The molecule has 2 aromatic carbocycles. The summed E-state index contributed by atoms with van der Waals surface area (Å²) in [6.45, 7) is 5.94. The third-order valence-electron chi connectivity index (χ3n) is 5.56. The fourth-order valence-corrected chi connectivity index (χ4v) is 4.03. The summed E-state index contributed by atoms with van der Waals surface area (Å²) in [7, 11) is 0. The van der Waals surface area contributed by atoms with Gasteiger partial charge in [0.2, 0.25) is 5.91 Å². The molecule has 0 saturated carbocycles. The molecule has 158 valence electrons. The molecule has 29 heavy (non-hydrogen) atoms. The van der Waals surface area contributed by atoms with Gasteiger partial charge in [-0.1, -0.05) is 50.2 Å². The molecule has 0 aliphatic carbocycles. The van der Waals surface area contributed by atoms with Crippen LogP contribution in [-0.4, -0.2) is 42.4 Å². The van der Waals surface area contributed by atoms with Gasteiger partial charge in [-0.15, -0.1) is 12.4 Å². The first-order chi connectivity index (χ1) is 13.5. The van der Waals surface area contributed by atoms with Crippen molar-refractivity contribution >= 4 is 35.0 Å². The third kappa shape index (κ3) is 5.71.